The summed E-state index contributed by atoms with van der Waals surface area (Å²) >= 11 is 0. The molecule has 1 saturated heterocycles. The summed E-state index contributed by atoms with van der Waals surface area (Å²) in [5, 5.41) is 22.0. The van der Waals surface area contributed by atoms with E-state index in [9.17, 15) is 14.0 Å². The Bertz CT molecular complexity index is 1640. The fourth-order valence-electron chi connectivity index (χ4n) is 6.46. The third-order valence-corrected chi connectivity index (χ3v) is 15.2. The molecular weight excluding hydrogens is 639 g/mol. The van der Waals surface area contributed by atoms with Crippen molar-refractivity contribution in [1.82, 2.24) is 24.6 Å². The Kier molecular flexibility index (Phi) is 11.2. The van der Waals surface area contributed by atoms with Gasteiger partial charge in [0, 0.05) is 36.9 Å². The molecule has 2 aromatic heterocycles. The van der Waals surface area contributed by atoms with E-state index in [1.807, 2.05) is 23.2 Å². The van der Waals surface area contributed by atoms with Gasteiger partial charge in [0.25, 0.3) is 6.43 Å². The van der Waals surface area contributed by atoms with E-state index in [4.69, 9.17) is 14.5 Å². The predicted octanol–water partition coefficient (Wildman–Crippen LogP) is 8.23. The predicted molar refractivity (Wildman–Crippen MR) is 195 cm³/mol. The molecule has 266 valence electrons. The van der Waals surface area contributed by atoms with Crippen LogP contribution in [0.5, 0.6) is 0 Å². The van der Waals surface area contributed by atoms with Gasteiger partial charge in [0.1, 0.15) is 6.07 Å². The summed E-state index contributed by atoms with van der Waals surface area (Å²) < 4.78 is 34.6. The van der Waals surface area contributed by atoms with Gasteiger partial charge in [-0.25, -0.2) is 18.7 Å². The van der Waals surface area contributed by atoms with Crippen molar-refractivity contribution in [2.24, 2.45) is 11.8 Å². The van der Waals surface area contributed by atoms with Crippen molar-refractivity contribution in [2.75, 3.05) is 43.4 Å². The molecule has 0 aliphatic carbocycles. The lowest BCUT2D eigenvalue weighted by atomic mass is 9.83. The van der Waals surface area contributed by atoms with Gasteiger partial charge in [-0.15, -0.1) is 0 Å². The summed E-state index contributed by atoms with van der Waals surface area (Å²) in [6.45, 7) is 21.2. The van der Waals surface area contributed by atoms with Crippen LogP contribution in [0.3, 0.4) is 0 Å². The second-order valence-corrected chi connectivity index (χ2v) is 21.0. The maximum atomic E-state index is 12.9. The molecule has 0 radical (unpaired) electrons. The number of fused-ring (bicyclic) bond motifs is 1. The zero-order chi connectivity index (χ0) is 35.6. The van der Waals surface area contributed by atoms with Crippen molar-refractivity contribution in [3.63, 3.8) is 0 Å². The summed E-state index contributed by atoms with van der Waals surface area (Å²) in [6.07, 6.45) is 4.92. The van der Waals surface area contributed by atoms with Crippen LogP contribution in [0.1, 0.15) is 77.6 Å². The number of halogens is 2. The zero-order valence-corrected chi connectivity index (χ0v) is 31.5. The molecular formula is C37H54F2N8OSi. The third kappa shape index (κ3) is 8.67. The SMILES string of the molecule is CC(C)CCc1c(Nc2nccc(-c3cc(C#N)c4c(c3)[C@@](C)(CO[Si](C)(C)C(C)(C)C)CN4)n2)cnn1CC1CCN(CC(F)F)CC1. The van der Waals surface area contributed by atoms with E-state index in [-0.39, 0.29) is 17.0 Å². The number of hydrogen-bond donors (Lipinski definition) is 2. The number of aromatic nitrogens is 4. The smallest absolute Gasteiger partial charge is 0.251 e. The lowest BCUT2D eigenvalue weighted by Crippen LogP contribution is -2.45. The van der Waals surface area contributed by atoms with Gasteiger partial charge >= 0.3 is 0 Å². The summed E-state index contributed by atoms with van der Waals surface area (Å²) in [7, 11) is -1.98. The van der Waals surface area contributed by atoms with Crippen LogP contribution < -0.4 is 10.6 Å². The lowest BCUT2D eigenvalue weighted by Gasteiger charge is -2.39. The Hall–Kier alpha value is -3.40. The van der Waals surface area contributed by atoms with Crippen LogP contribution in [0.15, 0.2) is 30.6 Å². The second kappa shape index (κ2) is 14.8. The molecule has 5 rings (SSSR count). The van der Waals surface area contributed by atoms with Crippen LogP contribution in [0.4, 0.5) is 26.1 Å². The molecule has 0 amide bonds. The molecule has 1 aromatic carbocycles. The van der Waals surface area contributed by atoms with Crippen LogP contribution in [0.25, 0.3) is 11.3 Å². The number of hydrogen-bond acceptors (Lipinski definition) is 8. The highest BCUT2D eigenvalue weighted by atomic mass is 28.4. The molecule has 4 heterocycles. The highest BCUT2D eigenvalue weighted by Crippen LogP contribution is 2.44. The Balaban J connectivity index is 1.37. The molecule has 1 atom stereocenters. The van der Waals surface area contributed by atoms with Crippen molar-refractivity contribution in [3.8, 4) is 17.3 Å². The summed E-state index contributed by atoms with van der Waals surface area (Å²) in [5.41, 5.74) is 5.81. The van der Waals surface area contributed by atoms with Crippen LogP contribution >= 0.6 is 0 Å². The topological polar surface area (TPSA) is 104 Å². The molecule has 2 aliphatic heterocycles. The Morgan fingerprint density at radius 1 is 1.20 bits per heavy atom. The molecule has 0 bridgehead atoms. The quantitative estimate of drug-likeness (QED) is 0.173. The maximum absolute atomic E-state index is 12.9. The minimum atomic E-state index is -2.29. The average molecular weight is 693 g/mol. The molecule has 12 heteroatoms. The van der Waals surface area contributed by atoms with Gasteiger partial charge in [0.15, 0.2) is 8.32 Å². The van der Waals surface area contributed by atoms with Gasteiger partial charge in [-0.1, -0.05) is 41.5 Å². The van der Waals surface area contributed by atoms with E-state index in [2.05, 4.69) is 87.1 Å². The molecule has 0 unspecified atom stereocenters. The van der Waals surface area contributed by atoms with Crippen molar-refractivity contribution < 1.29 is 13.2 Å². The fraction of sp³-hybridized carbons (Fsp3) is 0.622. The normalized spacial score (nSPS) is 18.9. The molecule has 0 spiro atoms. The lowest BCUT2D eigenvalue weighted by molar-refractivity contribution is 0.0665. The number of nitrogens with zero attached hydrogens (tertiary/aromatic N) is 6. The van der Waals surface area contributed by atoms with Crippen molar-refractivity contribution in [2.45, 2.75) is 104 Å². The van der Waals surface area contributed by atoms with E-state index in [1.165, 1.54) is 0 Å². The summed E-state index contributed by atoms with van der Waals surface area (Å²) in [6, 6.07) is 8.33. The van der Waals surface area contributed by atoms with E-state index < -0.39 is 14.7 Å². The first kappa shape index (κ1) is 36.9. The average Bonchev–Trinajstić information content (AvgIpc) is 3.58. The first-order valence-corrected chi connectivity index (χ1v) is 20.6. The Labute approximate surface area is 292 Å². The molecule has 49 heavy (non-hydrogen) atoms. The fourth-order valence-corrected chi connectivity index (χ4v) is 7.57. The van der Waals surface area contributed by atoms with Crippen LogP contribution in [0, 0.1) is 23.2 Å². The van der Waals surface area contributed by atoms with Crippen LogP contribution in [0.2, 0.25) is 18.1 Å². The van der Waals surface area contributed by atoms with Gasteiger partial charge in [-0.05, 0) is 92.5 Å². The summed E-state index contributed by atoms with van der Waals surface area (Å²) in [4.78, 5) is 11.3. The molecule has 9 nitrogen and oxygen atoms in total. The number of anilines is 3. The highest BCUT2D eigenvalue weighted by molar-refractivity contribution is 6.74. The number of benzene rings is 1. The van der Waals surface area contributed by atoms with E-state index >= 15 is 0 Å². The minimum absolute atomic E-state index is 0.101. The molecule has 0 saturated carbocycles. The molecule has 3 aromatic rings. The number of likely N-dealkylation sites (tertiary alicyclic amines) is 1. The van der Waals surface area contributed by atoms with Crippen molar-refractivity contribution in [3.05, 3.63) is 47.4 Å². The number of alkyl halides is 2. The minimum Gasteiger partial charge on any atom is -0.416 e. The Morgan fingerprint density at radius 3 is 2.59 bits per heavy atom. The van der Waals surface area contributed by atoms with Gasteiger partial charge in [0.2, 0.25) is 5.95 Å². The highest BCUT2D eigenvalue weighted by Gasteiger charge is 2.42. The third-order valence-electron chi connectivity index (χ3n) is 10.8. The molecule has 2 aliphatic rings. The molecule has 2 N–H and O–H groups in total. The van der Waals surface area contributed by atoms with E-state index in [0.29, 0.717) is 49.6 Å². The number of nitrogens with one attached hydrogen (secondary N) is 2. The zero-order valence-electron chi connectivity index (χ0n) is 30.5. The Morgan fingerprint density at radius 2 is 1.94 bits per heavy atom. The number of rotatable bonds is 13. The van der Waals surface area contributed by atoms with E-state index in [1.54, 1.807) is 6.20 Å². The van der Waals surface area contributed by atoms with Gasteiger partial charge in [-0.2, -0.15) is 10.4 Å². The first-order chi connectivity index (χ1) is 23.1. The van der Waals surface area contributed by atoms with Gasteiger partial charge in [-0.3, -0.25) is 9.58 Å². The van der Waals surface area contributed by atoms with E-state index in [0.717, 1.165) is 66.1 Å². The van der Waals surface area contributed by atoms with Crippen molar-refractivity contribution in [1.29, 1.82) is 5.26 Å². The standard InChI is InChI=1S/C37H54F2N8OSi/c1-25(2)9-10-32-31(20-43-47(32)21-26-12-15-46(16-13-26)22-33(38)39)45-35-41-14-11-30(44-35)27-17-28(19-40)34-29(18-27)37(6,23-42-34)24-48-49(7,8)36(3,4)5/h11,14,17-18,20,25-26,33,42H,9-10,12-13,15-16,21-24H2,1-8H3,(H,41,44,45)/t37-/m1/s1. The monoisotopic (exact) mass is 692 g/mol. The van der Waals surface area contributed by atoms with Crippen LogP contribution in [-0.2, 0) is 22.8 Å². The molecule has 1 fully saturated rings. The van der Waals surface area contributed by atoms with Crippen molar-refractivity contribution >= 4 is 25.6 Å². The van der Waals surface area contributed by atoms with Gasteiger partial charge < -0.3 is 15.1 Å². The van der Waals surface area contributed by atoms with Crippen LogP contribution in [-0.4, -0.2) is 72.2 Å². The first-order valence-electron chi connectivity index (χ1n) is 17.7. The largest absolute Gasteiger partial charge is 0.416 e. The number of nitriles is 1. The summed E-state index contributed by atoms with van der Waals surface area (Å²) in [5.74, 6) is 1.37. The maximum Gasteiger partial charge on any atom is 0.251 e. The second-order valence-electron chi connectivity index (χ2n) is 16.2. The van der Waals surface area contributed by atoms with Gasteiger partial charge in [0.05, 0.1) is 41.1 Å². The number of piperidine rings is 1.